The third kappa shape index (κ3) is 18.2. The lowest BCUT2D eigenvalue weighted by molar-refractivity contribution is -0.145. The van der Waals surface area contributed by atoms with E-state index in [4.69, 9.17) is 16.6 Å². The van der Waals surface area contributed by atoms with E-state index in [9.17, 15) is 72.5 Å². The number of fused-ring (bicyclic) bond motifs is 2. The van der Waals surface area contributed by atoms with Gasteiger partial charge in [0.25, 0.3) is 0 Å². The molecule has 31 heteroatoms. The maximum Gasteiger partial charge on any atom is 0.327 e. The Labute approximate surface area is 516 Å². The second-order valence-electron chi connectivity index (χ2n) is 22.3. The average Bonchev–Trinajstić information content (AvgIpc) is 1.93. The summed E-state index contributed by atoms with van der Waals surface area (Å²) in [6.07, 6.45) is 0.903. The van der Waals surface area contributed by atoms with Gasteiger partial charge < -0.3 is 89.1 Å². The zero-order chi connectivity index (χ0) is 65.4. The molecule has 4 heterocycles. The molecule has 6 rings (SSSR count). The Morgan fingerprint density at radius 1 is 0.618 bits per heavy atom. The highest BCUT2D eigenvalue weighted by molar-refractivity contribution is 7.80. The normalized spacial score (nSPS) is 18.1. The molecular weight excluding hydrogens is 1180 g/mol. The Bertz CT molecular complexity index is 3300. The van der Waals surface area contributed by atoms with E-state index >= 15 is 0 Å². The molecule has 2 aliphatic heterocycles. The van der Waals surface area contributed by atoms with Crippen molar-refractivity contribution >= 4 is 111 Å². The number of para-hydroxylation sites is 2. The van der Waals surface area contributed by atoms with Crippen molar-refractivity contribution in [1.82, 2.24) is 62.3 Å². The molecule has 482 valence electrons. The number of carbonyl (C=O) groups is 13. The van der Waals surface area contributed by atoms with E-state index in [1.54, 1.807) is 74.8 Å². The van der Waals surface area contributed by atoms with Crippen LogP contribution in [-0.2, 0) is 75.2 Å². The molecule has 0 radical (unpaired) electrons. The van der Waals surface area contributed by atoms with E-state index in [1.807, 2.05) is 0 Å². The smallest absolute Gasteiger partial charge is 0.327 e. The maximum absolute atomic E-state index is 14.5. The number of nitrogens with zero attached hydrogens (tertiary/aromatic N) is 2. The number of benzene rings is 2. The van der Waals surface area contributed by atoms with E-state index in [1.165, 1.54) is 18.7 Å². The molecule has 2 fully saturated rings. The fourth-order valence-electron chi connectivity index (χ4n) is 10.6. The summed E-state index contributed by atoms with van der Waals surface area (Å²) in [5.74, 6) is -13.3. The maximum atomic E-state index is 14.5. The number of aliphatic hydroxyl groups excluding tert-OH is 1. The number of hydrogen-bond acceptors (Lipinski definition) is 16. The number of aliphatic hydroxyl groups is 1. The second kappa shape index (κ2) is 31.7. The number of rotatable bonds is 31. The summed E-state index contributed by atoms with van der Waals surface area (Å²) in [6, 6.07) is -0.136. The summed E-state index contributed by atoms with van der Waals surface area (Å²) < 4.78 is 0. The number of hydrogen-bond donors (Lipinski definition) is 16. The van der Waals surface area contributed by atoms with E-state index in [-0.39, 0.29) is 50.9 Å². The van der Waals surface area contributed by atoms with Gasteiger partial charge in [0.05, 0.1) is 31.5 Å². The van der Waals surface area contributed by atoms with Crippen molar-refractivity contribution in [3.63, 3.8) is 0 Å². The molecule has 12 atom stereocenters. The summed E-state index contributed by atoms with van der Waals surface area (Å²) in [7, 11) is 0. The van der Waals surface area contributed by atoms with Gasteiger partial charge in [-0.05, 0) is 68.7 Å². The number of amides is 11. The number of primary amides is 1. The van der Waals surface area contributed by atoms with Crippen LogP contribution in [0.2, 0.25) is 0 Å². The molecule has 0 aliphatic carbocycles. The van der Waals surface area contributed by atoms with Crippen molar-refractivity contribution in [3.8, 4) is 0 Å². The lowest BCUT2D eigenvalue weighted by atomic mass is 9.96. The molecule has 2 aromatic carbocycles. The van der Waals surface area contributed by atoms with E-state index in [2.05, 4.69) is 65.1 Å². The molecule has 2 aromatic heterocycles. The van der Waals surface area contributed by atoms with Crippen molar-refractivity contribution in [2.45, 2.75) is 152 Å². The summed E-state index contributed by atoms with van der Waals surface area (Å²) in [5, 5.41) is 51.0. The number of aromatic amines is 2. The van der Waals surface area contributed by atoms with Crippen LogP contribution in [0.15, 0.2) is 60.9 Å². The summed E-state index contributed by atoms with van der Waals surface area (Å²) in [5.41, 5.74) is 13.8. The Morgan fingerprint density at radius 3 is 1.63 bits per heavy atom. The number of likely N-dealkylation sites (tertiary alicyclic amines) is 2. The summed E-state index contributed by atoms with van der Waals surface area (Å²) in [6.45, 7) is 5.26. The number of carbonyl (C=O) groups excluding carboxylic acids is 11. The number of thiol groups is 1. The zero-order valence-electron chi connectivity index (χ0n) is 49.5. The van der Waals surface area contributed by atoms with E-state index in [0.29, 0.717) is 45.8 Å². The lowest BCUT2D eigenvalue weighted by Gasteiger charge is -2.32. The summed E-state index contributed by atoms with van der Waals surface area (Å²) >= 11 is 3.96. The molecular formula is C58H78N14O16S. The molecule has 2 saturated heterocycles. The van der Waals surface area contributed by atoms with Crippen LogP contribution >= 0.6 is 12.6 Å². The molecule has 0 bridgehead atoms. The fourth-order valence-corrected chi connectivity index (χ4v) is 10.9. The molecule has 4 aromatic rings. The van der Waals surface area contributed by atoms with Crippen molar-refractivity contribution in [3.05, 3.63) is 72.1 Å². The van der Waals surface area contributed by atoms with Crippen LogP contribution in [0.3, 0.4) is 0 Å². The largest absolute Gasteiger partial charge is 0.481 e. The molecule has 2 aliphatic rings. The highest BCUT2D eigenvalue weighted by Gasteiger charge is 2.43. The minimum absolute atomic E-state index is 0.0549. The second-order valence-corrected chi connectivity index (χ2v) is 22.6. The van der Waals surface area contributed by atoms with Gasteiger partial charge in [0, 0.05) is 65.9 Å². The summed E-state index contributed by atoms with van der Waals surface area (Å²) in [4.78, 5) is 183. The van der Waals surface area contributed by atoms with Gasteiger partial charge in [0.2, 0.25) is 65.0 Å². The topological polar surface area (TPSA) is 469 Å². The number of carboxylic acids is 2. The standard InChI is InChI=1S/C58H78N14O16S/c1-5-28(2)47(69-50(79)35(59)22-46(76)77)56(85)71-18-10-16-42(71)54(83)63-26-45(75)65-38(20-31-24-61-36-14-8-6-12-33(31)36)52(81)66-40(23-44(60)74)53(82)70-48(30(4)73)57(86)72-19-11-17-43(72)55(84)67-39(21-32-25-62-37-15-9-7-13-34(32)37)51(80)64-29(3)49(78)68-41(27-89)58(87)88/h6-9,12-15,24-25,28-30,35,38-43,47-48,61-62,73,89H,5,10-11,16-23,26-27,59H2,1-4H3,(H2,60,74)(H,63,83)(H,64,80)(H,65,75)(H,66,81)(H,67,84)(H,68,78)(H,69,79)(H,70,82)(H,76,77)(H,87,88)/t28-,29-,30+,35-,38-,39-,40-,41-,42-,43-,47-,48-/m0/s1. The molecule has 17 N–H and O–H groups in total. The fraction of sp³-hybridized carbons (Fsp3) is 0.500. The highest BCUT2D eigenvalue weighted by Crippen LogP contribution is 2.25. The molecule has 0 spiro atoms. The predicted molar refractivity (Wildman–Crippen MR) is 322 cm³/mol. The molecule has 30 nitrogen and oxygen atoms in total. The first-order valence-electron chi connectivity index (χ1n) is 29.1. The SMILES string of the molecule is CC[C@H](C)[C@H](NC(=O)[C@@H](N)CC(=O)O)C(=O)N1CCC[C@H]1C(=O)NCC(=O)N[C@@H](Cc1c[nH]c2ccccc12)C(=O)N[C@@H](CC(N)=O)C(=O)N[C@H](C(=O)N1CCC[C@H]1C(=O)N[C@@H](Cc1c[nH]c2ccccc12)C(=O)N[C@@H](C)C(=O)N[C@@H](CS)C(=O)O)[C@@H](C)O. The monoisotopic (exact) mass is 1260 g/mol. The van der Waals surface area contributed by atoms with Crippen molar-refractivity contribution in [2.75, 3.05) is 25.4 Å². The predicted octanol–water partition coefficient (Wildman–Crippen LogP) is -2.94. The first kappa shape index (κ1) is 69.0. The molecule has 0 saturated carbocycles. The molecule has 89 heavy (non-hydrogen) atoms. The molecule has 0 unspecified atom stereocenters. The van der Waals surface area contributed by atoms with Crippen molar-refractivity contribution in [1.29, 1.82) is 0 Å². The van der Waals surface area contributed by atoms with Gasteiger partial charge in [0.1, 0.15) is 54.4 Å². The minimum Gasteiger partial charge on any atom is -0.481 e. The Morgan fingerprint density at radius 2 is 1.11 bits per heavy atom. The van der Waals surface area contributed by atoms with E-state index in [0.717, 1.165) is 4.90 Å². The number of aliphatic carboxylic acids is 2. The highest BCUT2D eigenvalue weighted by atomic mass is 32.1. The number of nitrogens with one attached hydrogen (secondary N) is 10. The Hall–Kier alpha value is -9.10. The third-order valence-corrected chi connectivity index (χ3v) is 16.1. The quantitative estimate of drug-likeness (QED) is 0.0224. The van der Waals surface area contributed by atoms with Crippen LogP contribution in [0.5, 0.6) is 0 Å². The number of aromatic nitrogens is 2. The number of H-pyrrole nitrogens is 2. The van der Waals surface area contributed by atoms with E-state index < -0.39 is 169 Å². The first-order chi connectivity index (χ1) is 42.2. The zero-order valence-corrected chi connectivity index (χ0v) is 50.4. The van der Waals surface area contributed by atoms with Crippen molar-refractivity contribution < 1.29 is 77.6 Å². The lowest BCUT2D eigenvalue weighted by Crippen LogP contribution is -2.62. The molecule has 11 amide bonds. The third-order valence-electron chi connectivity index (χ3n) is 15.7. The van der Waals surface area contributed by atoms with Gasteiger partial charge in [-0.3, -0.25) is 57.5 Å². The number of nitrogens with two attached hydrogens (primary N) is 2. The van der Waals surface area contributed by atoms with Crippen LogP contribution in [0.4, 0.5) is 0 Å². The first-order valence-corrected chi connectivity index (χ1v) is 29.7. The Balaban J connectivity index is 1.16. The van der Waals surface area contributed by atoms with Crippen LogP contribution in [0, 0.1) is 5.92 Å². The van der Waals surface area contributed by atoms with Gasteiger partial charge >= 0.3 is 11.9 Å². The van der Waals surface area contributed by atoms with Gasteiger partial charge in [-0.1, -0.05) is 56.7 Å². The van der Waals surface area contributed by atoms with Crippen LogP contribution in [-0.4, -0.2) is 204 Å². The Kier molecular flexibility index (Phi) is 24.6. The van der Waals surface area contributed by atoms with Gasteiger partial charge in [0.15, 0.2) is 0 Å². The number of carboxylic acid groups (broad SMARTS) is 2. The van der Waals surface area contributed by atoms with Crippen molar-refractivity contribution in [2.24, 2.45) is 17.4 Å². The minimum atomic E-state index is -1.85. The van der Waals surface area contributed by atoms with Crippen LogP contribution in [0.1, 0.15) is 83.8 Å². The van der Waals surface area contributed by atoms with Crippen LogP contribution < -0.4 is 54.0 Å². The average molecular weight is 1260 g/mol. The van der Waals surface area contributed by atoms with Gasteiger partial charge in [-0.25, -0.2) is 4.79 Å². The van der Waals surface area contributed by atoms with Crippen LogP contribution in [0.25, 0.3) is 21.8 Å². The van der Waals surface area contributed by atoms with Gasteiger partial charge in [-0.2, -0.15) is 12.6 Å². The van der Waals surface area contributed by atoms with Gasteiger partial charge in [-0.15, -0.1) is 0 Å².